The van der Waals surface area contributed by atoms with Gasteiger partial charge in [0, 0.05) is 0 Å². The molecule has 1 rings (SSSR count). The fourth-order valence-corrected chi connectivity index (χ4v) is 1.29. The molecule has 0 aliphatic carbocycles. The molecule has 0 radical (unpaired) electrons. The molecule has 1 unspecified atom stereocenters. The Morgan fingerprint density at radius 1 is 1.75 bits per heavy atom. The molecule has 1 aromatic rings. The summed E-state index contributed by atoms with van der Waals surface area (Å²) in [5.74, 6) is 0. The van der Waals surface area contributed by atoms with E-state index >= 15 is 0 Å². The predicted molar refractivity (Wildman–Crippen MR) is 41.5 cm³/mol. The van der Waals surface area contributed by atoms with Gasteiger partial charge in [0.1, 0.15) is 0 Å². The molecule has 0 amide bonds. The molecule has 0 spiro atoms. The fourth-order valence-electron chi connectivity index (χ4n) is 0.574. The number of hydrogen-bond donors (Lipinski definition) is 2. The van der Waals surface area contributed by atoms with E-state index in [0.717, 1.165) is 4.68 Å². The van der Waals surface area contributed by atoms with Gasteiger partial charge in [0.2, 0.25) is 4.77 Å². The summed E-state index contributed by atoms with van der Waals surface area (Å²) in [6.07, 6.45) is 0. The van der Waals surface area contributed by atoms with Crippen molar-refractivity contribution in [2.75, 3.05) is 0 Å². The van der Waals surface area contributed by atoms with Crippen LogP contribution in [0.3, 0.4) is 0 Å². The molecule has 7 nitrogen and oxygen atoms in total. The molecule has 0 aliphatic heterocycles. The Balaban J connectivity index is 3.18. The van der Waals surface area contributed by atoms with E-state index in [1.54, 1.807) is 0 Å². The molecule has 0 fully saturated rings. The van der Waals surface area contributed by atoms with Crippen LogP contribution in [0, 0.1) is 4.77 Å². The van der Waals surface area contributed by atoms with Gasteiger partial charge in [-0.2, -0.15) is 13.6 Å². The lowest BCUT2D eigenvalue weighted by Crippen LogP contribution is -2.17. The maximum Gasteiger partial charge on any atom is 0.288 e. The fraction of sp³-hybridized carbons (Fsp3) is 0.667. The molecule has 1 aromatic heterocycles. The molecule has 1 heterocycles. The minimum atomic E-state index is -4.16. The van der Waals surface area contributed by atoms with Crippen molar-refractivity contribution >= 4 is 22.3 Å². The van der Waals surface area contributed by atoms with Gasteiger partial charge in [-0.25, -0.2) is 4.68 Å². The van der Waals surface area contributed by atoms with E-state index < -0.39 is 15.5 Å². The Morgan fingerprint density at radius 2 is 2.33 bits per heavy atom. The molecule has 0 bridgehead atoms. The number of aromatic nitrogens is 4. The second kappa shape index (κ2) is 2.92. The summed E-state index contributed by atoms with van der Waals surface area (Å²) >= 11 is 4.61. The summed E-state index contributed by atoms with van der Waals surface area (Å²) in [5, 5.41) is 7.64. The molecule has 2 N–H and O–H groups in total. The van der Waals surface area contributed by atoms with Crippen molar-refractivity contribution in [1.29, 1.82) is 0 Å². The standard InChI is InChI=1S/C3H6N4O3S2/c1-2(12(8,9)10)7-3(11)4-5-6-7/h2H,1H3,(H,4,6,11)(H,8,9,10). The number of nitrogens with zero attached hydrogens (tertiary/aromatic N) is 3. The van der Waals surface area contributed by atoms with Gasteiger partial charge >= 0.3 is 0 Å². The predicted octanol–water partition coefficient (Wildman–Crippen LogP) is -0.258. The van der Waals surface area contributed by atoms with Crippen molar-refractivity contribution in [3.8, 4) is 0 Å². The first-order valence-corrected chi connectivity index (χ1v) is 4.80. The Morgan fingerprint density at radius 3 is 2.67 bits per heavy atom. The lowest BCUT2D eigenvalue weighted by molar-refractivity contribution is 0.438. The largest absolute Gasteiger partial charge is 0.288 e. The first kappa shape index (κ1) is 9.29. The van der Waals surface area contributed by atoms with Gasteiger partial charge in [0.15, 0.2) is 5.37 Å². The average molecular weight is 210 g/mol. The molecule has 0 aliphatic rings. The molecule has 12 heavy (non-hydrogen) atoms. The lowest BCUT2D eigenvalue weighted by Gasteiger charge is -2.06. The maximum absolute atomic E-state index is 10.6. The number of aromatic amines is 1. The zero-order chi connectivity index (χ0) is 9.35. The van der Waals surface area contributed by atoms with Gasteiger partial charge in [-0.05, 0) is 19.1 Å². The third-order valence-electron chi connectivity index (χ3n) is 1.29. The van der Waals surface area contributed by atoms with E-state index in [9.17, 15) is 8.42 Å². The van der Waals surface area contributed by atoms with Crippen LogP contribution in [-0.2, 0) is 10.1 Å². The Hall–Kier alpha value is -0.800. The highest BCUT2D eigenvalue weighted by atomic mass is 32.2. The van der Waals surface area contributed by atoms with Crippen molar-refractivity contribution in [3.63, 3.8) is 0 Å². The molecule has 0 aromatic carbocycles. The van der Waals surface area contributed by atoms with Gasteiger partial charge in [-0.15, -0.1) is 0 Å². The van der Waals surface area contributed by atoms with E-state index in [0.29, 0.717) is 0 Å². The molecule has 68 valence electrons. The Bertz CT molecular complexity index is 417. The molecule has 9 heteroatoms. The minimum Gasteiger partial charge on any atom is -0.284 e. The third-order valence-corrected chi connectivity index (χ3v) is 2.64. The average Bonchev–Trinajstić information content (AvgIpc) is 2.31. The summed E-state index contributed by atoms with van der Waals surface area (Å²) in [6, 6.07) is 0. The molecular formula is C3H6N4O3S2. The van der Waals surface area contributed by atoms with E-state index in [1.807, 2.05) is 0 Å². The smallest absolute Gasteiger partial charge is 0.284 e. The van der Waals surface area contributed by atoms with E-state index in [-0.39, 0.29) is 4.77 Å². The van der Waals surface area contributed by atoms with E-state index in [1.165, 1.54) is 6.92 Å². The van der Waals surface area contributed by atoms with Crippen LogP contribution in [0.15, 0.2) is 0 Å². The molecule has 0 saturated heterocycles. The monoisotopic (exact) mass is 210 g/mol. The van der Waals surface area contributed by atoms with Crippen molar-refractivity contribution in [2.24, 2.45) is 0 Å². The Labute approximate surface area is 73.1 Å². The summed E-state index contributed by atoms with van der Waals surface area (Å²) < 4.78 is 30.7. The summed E-state index contributed by atoms with van der Waals surface area (Å²) in [4.78, 5) is 0. The van der Waals surface area contributed by atoms with Crippen molar-refractivity contribution in [1.82, 2.24) is 20.2 Å². The highest BCUT2D eigenvalue weighted by Crippen LogP contribution is 2.09. The van der Waals surface area contributed by atoms with E-state index in [2.05, 4.69) is 27.7 Å². The van der Waals surface area contributed by atoms with Crippen molar-refractivity contribution < 1.29 is 13.0 Å². The topological polar surface area (TPSA) is 101 Å². The third kappa shape index (κ3) is 1.68. The molecule has 0 saturated carbocycles. The molecule has 1 atom stereocenters. The summed E-state index contributed by atoms with van der Waals surface area (Å²) in [5.41, 5.74) is 0. The highest BCUT2D eigenvalue weighted by molar-refractivity contribution is 7.85. The normalized spacial score (nSPS) is 14.5. The van der Waals surface area contributed by atoms with Crippen LogP contribution in [0.2, 0.25) is 0 Å². The van der Waals surface area contributed by atoms with Crippen LogP contribution in [0.4, 0.5) is 0 Å². The maximum atomic E-state index is 10.6. The van der Waals surface area contributed by atoms with Gasteiger partial charge in [0.05, 0.1) is 0 Å². The second-order valence-corrected chi connectivity index (χ2v) is 4.14. The van der Waals surface area contributed by atoms with Crippen LogP contribution in [0.1, 0.15) is 12.3 Å². The quantitative estimate of drug-likeness (QED) is 0.515. The number of H-pyrrole nitrogens is 1. The SMILES string of the molecule is CC(n1[nH]nnc1=S)S(=O)(=O)O. The van der Waals surface area contributed by atoms with Gasteiger partial charge in [0.25, 0.3) is 10.1 Å². The van der Waals surface area contributed by atoms with Crippen molar-refractivity contribution in [3.05, 3.63) is 4.77 Å². The zero-order valence-corrected chi connectivity index (χ0v) is 7.63. The van der Waals surface area contributed by atoms with Gasteiger partial charge < -0.3 is 0 Å². The summed E-state index contributed by atoms with van der Waals surface area (Å²) in [6.45, 7) is 1.25. The number of nitrogens with one attached hydrogen (secondary N) is 1. The van der Waals surface area contributed by atoms with Gasteiger partial charge in [-0.1, -0.05) is 10.3 Å². The number of hydrogen-bond acceptors (Lipinski definition) is 5. The zero-order valence-electron chi connectivity index (χ0n) is 6.00. The van der Waals surface area contributed by atoms with Crippen LogP contribution >= 0.6 is 12.2 Å². The van der Waals surface area contributed by atoms with Crippen LogP contribution < -0.4 is 0 Å². The molecular weight excluding hydrogens is 204 g/mol. The van der Waals surface area contributed by atoms with Crippen LogP contribution in [-0.4, -0.2) is 33.2 Å². The van der Waals surface area contributed by atoms with Crippen molar-refractivity contribution in [2.45, 2.75) is 12.3 Å². The van der Waals surface area contributed by atoms with Crippen LogP contribution in [0.5, 0.6) is 0 Å². The minimum absolute atomic E-state index is 0.0277. The number of tetrazole rings is 1. The highest BCUT2D eigenvalue weighted by Gasteiger charge is 2.20. The lowest BCUT2D eigenvalue weighted by atomic mass is 10.8. The summed E-state index contributed by atoms with van der Waals surface area (Å²) in [7, 11) is -4.16. The first-order valence-electron chi connectivity index (χ1n) is 2.89. The number of rotatable bonds is 2. The second-order valence-electron chi connectivity index (χ2n) is 2.07. The van der Waals surface area contributed by atoms with Crippen LogP contribution in [0.25, 0.3) is 0 Å². The first-order chi connectivity index (χ1) is 5.43. The van der Waals surface area contributed by atoms with Gasteiger partial charge in [-0.3, -0.25) is 4.55 Å². The Kier molecular flexibility index (Phi) is 2.26. The van der Waals surface area contributed by atoms with E-state index in [4.69, 9.17) is 4.55 Å².